The standard InChI is InChI=1S/C13H20N4O2/c1-17(5-6-19-2)11-3-4-12(15-9-11)16-13(18)10-7-14-8-10/h3-4,9-10,14H,5-8H2,1-2H3,(H,15,16,18). The van der Waals surface area contributed by atoms with Crippen molar-refractivity contribution in [2.45, 2.75) is 0 Å². The van der Waals surface area contributed by atoms with Gasteiger partial charge in [0.05, 0.1) is 24.4 Å². The maximum absolute atomic E-state index is 11.7. The van der Waals surface area contributed by atoms with Crippen LogP contribution in [0.3, 0.4) is 0 Å². The van der Waals surface area contributed by atoms with E-state index in [1.807, 2.05) is 19.2 Å². The molecule has 0 aliphatic carbocycles. The van der Waals surface area contributed by atoms with Crippen LogP contribution in [0, 0.1) is 5.92 Å². The fourth-order valence-corrected chi connectivity index (χ4v) is 1.75. The number of aromatic nitrogens is 1. The van der Waals surface area contributed by atoms with Gasteiger partial charge in [0.1, 0.15) is 5.82 Å². The van der Waals surface area contributed by atoms with E-state index in [-0.39, 0.29) is 11.8 Å². The first-order valence-electron chi connectivity index (χ1n) is 6.38. The summed E-state index contributed by atoms with van der Waals surface area (Å²) in [5.74, 6) is 0.707. The Morgan fingerprint density at radius 3 is 2.89 bits per heavy atom. The van der Waals surface area contributed by atoms with E-state index in [1.54, 1.807) is 13.3 Å². The zero-order valence-electron chi connectivity index (χ0n) is 11.3. The van der Waals surface area contributed by atoms with Crippen molar-refractivity contribution in [3.63, 3.8) is 0 Å². The van der Waals surface area contributed by atoms with E-state index in [9.17, 15) is 4.79 Å². The van der Waals surface area contributed by atoms with Crippen LogP contribution in [0.15, 0.2) is 18.3 Å². The summed E-state index contributed by atoms with van der Waals surface area (Å²) < 4.78 is 5.03. The van der Waals surface area contributed by atoms with Crippen LogP contribution < -0.4 is 15.5 Å². The van der Waals surface area contributed by atoms with Crippen LogP contribution in [0.5, 0.6) is 0 Å². The first kappa shape index (κ1) is 13.8. The van der Waals surface area contributed by atoms with Gasteiger partial charge in [-0.2, -0.15) is 0 Å². The lowest BCUT2D eigenvalue weighted by molar-refractivity contribution is -0.121. The van der Waals surface area contributed by atoms with E-state index >= 15 is 0 Å². The maximum atomic E-state index is 11.7. The highest BCUT2D eigenvalue weighted by atomic mass is 16.5. The Morgan fingerprint density at radius 1 is 1.58 bits per heavy atom. The molecule has 1 amide bonds. The number of pyridine rings is 1. The normalized spacial score (nSPS) is 14.8. The van der Waals surface area contributed by atoms with E-state index < -0.39 is 0 Å². The van der Waals surface area contributed by atoms with Gasteiger partial charge in [-0.15, -0.1) is 0 Å². The molecule has 1 aliphatic rings. The summed E-state index contributed by atoms with van der Waals surface area (Å²) >= 11 is 0. The Hall–Kier alpha value is -1.66. The summed E-state index contributed by atoms with van der Waals surface area (Å²) in [4.78, 5) is 18.0. The number of nitrogens with zero attached hydrogens (tertiary/aromatic N) is 2. The summed E-state index contributed by atoms with van der Waals surface area (Å²) in [5, 5.41) is 5.89. The Bertz CT molecular complexity index is 417. The fourth-order valence-electron chi connectivity index (χ4n) is 1.75. The number of likely N-dealkylation sites (N-methyl/N-ethyl adjacent to an activating group) is 1. The molecule has 1 aromatic rings. The quantitative estimate of drug-likeness (QED) is 0.774. The topological polar surface area (TPSA) is 66.5 Å². The number of carbonyl (C=O) groups excluding carboxylic acids is 1. The van der Waals surface area contributed by atoms with Gasteiger partial charge in [0.2, 0.25) is 5.91 Å². The molecule has 2 rings (SSSR count). The zero-order chi connectivity index (χ0) is 13.7. The Balaban J connectivity index is 1.88. The summed E-state index contributed by atoms with van der Waals surface area (Å²) in [7, 11) is 3.66. The molecule has 2 N–H and O–H groups in total. The molecular weight excluding hydrogens is 244 g/mol. The lowest BCUT2D eigenvalue weighted by Crippen LogP contribution is -2.48. The van der Waals surface area contributed by atoms with Crippen LogP contribution in [-0.2, 0) is 9.53 Å². The van der Waals surface area contributed by atoms with Crippen molar-refractivity contribution < 1.29 is 9.53 Å². The third-order valence-corrected chi connectivity index (χ3v) is 3.22. The second-order valence-electron chi connectivity index (χ2n) is 4.66. The SMILES string of the molecule is COCCN(C)c1ccc(NC(=O)C2CNC2)nc1. The molecule has 6 heteroatoms. The third kappa shape index (κ3) is 3.65. The average Bonchev–Trinajstić information content (AvgIpc) is 2.34. The third-order valence-electron chi connectivity index (χ3n) is 3.22. The Labute approximate surface area is 113 Å². The second kappa shape index (κ2) is 6.49. The summed E-state index contributed by atoms with van der Waals surface area (Å²) in [5.41, 5.74) is 1.00. The van der Waals surface area contributed by atoms with Crippen molar-refractivity contribution in [2.24, 2.45) is 5.92 Å². The molecule has 0 spiro atoms. The van der Waals surface area contributed by atoms with Crippen molar-refractivity contribution in [3.8, 4) is 0 Å². The van der Waals surface area contributed by atoms with Gasteiger partial charge in [-0.1, -0.05) is 0 Å². The number of hydrogen-bond acceptors (Lipinski definition) is 5. The van der Waals surface area contributed by atoms with Crippen LogP contribution in [0.4, 0.5) is 11.5 Å². The lowest BCUT2D eigenvalue weighted by Gasteiger charge is -2.25. The number of nitrogens with one attached hydrogen (secondary N) is 2. The second-order valence-corrected chi connectivity index (χ2v) is 4.66. The molecular formula is C13H20N4O2. The number of hydrogen-bond donors (Lipinski definition) is 2. The Kier molecular flexibility index (Phi) is 4.70. The maximum Gasteiger partial charge on any atom is 0.231 e. The zero-order valence-corrected chi connectivity index (χ0v) is 11.3. The van der Waals surface area contributed by atoms with Crippen molar-refractivity contribution >= 4 is 17.4 Å². The molecule has 19 heavy (non-hydrogen) atoms. The van der Waals surface area contributed by atoms with Gasteiger partial charge in [-0.3, -0.25) is 4.79 Å². The first-order valence-corrected chi connectivity index (χ1v) is 6.38. The molecule has 0 unspecified atom stereocenters. The molecule has 1 saturated heterocycles. The molecule has 1 aliphatic heterocycles. The van der Waals surface area contributed by atoms with E-state index in [0.29, 0.717) is 12.4 Å². The van der Waals surface area contributed by atoms with E-state index in [0.717, 1.165) is 25.3 Å². The lowest BCUT2D eigenvalue weighted by atomic mass is 10.0. The number of carbonyl (C=O) groups is 1. The molecule has 2 heterocycles. The van der Waals surface area contributed by atoms with Crippen LogP contribution in [0.1, 0.15) is 0 Å². The first-order chi connectivity index (χ1) is 9.20. The van der Waals surface area contributed by atoms with Crippen molar-refractivity contribution in [2.75, 3.05) is 50.6 Å². The highest BCUT2D eigenvalue weighted by Gasteiger charge is 2.24. The number of ether oxygens (including phenoxy) is 1. The molecule has 0 saturated carbocycles. The molecule has 0 atom stereocenters. The summed E-state index contributed by atoms with van der Waals surface area (Å²) in [6.07, 6.45) is 1.75. The van der Waals surface area contributed by atoms with Gasteiger partial charge >= 0.3 is 0 Å². The molecule has 0 radical (unpaired) electrons. The fraction of sp³-hybridized carbons (Fsp3) is 0.538. The van der Waals surface area contributed by atoms with Crippen LogP contribution >= 0.6 is 0 Å². The highest BCUT2D eigenvalue weighted by molar-refractivity contribution is 5.92. The van der Waals surface area contributed by atoms with Gasteiger partial charge in [0.25, 0.3) is 0 Å². The van der Waals surface area contributed by atoms with Gasteiger partial charge in [0.15, 0.2) is 0 Å². The van der Waals surface area contributed by atoms with E-state index in [1.165, 1.54) is 0 Å². The summed E-state index contributed by atoms with van der Waals surface area (Å²) in [6, 6.07) is 3.76. The van der Waals surface area contributed by atoms with Crippen LogP contribution in [0.2, 0.25) is 0 Å². The van der Waals surface area contributed by atoms with E-state index in [4.69, 9.17) is 4.74 Å². The largest absolute Gasteiger partial charge is 0.383 e. The van der Waals surface area contributed by atoms with E-state index in [2.05, 4.69) is 20.5 Å². The molecule has 104 valence electrons. The van der Waals surface area contributed by atoms with Gasteiger partial charge < -0.3 is 20.3 Å². The minimum atomic E-state index is 0.0340. The van der Waals surface area contributed by atoms with Crippen LogP contribution in [-0.4, -0.2) is 51.3 Å². The van der Waals surface area contributed by atoms with Crippen LogP contribution in [0.25, 0.3) is 0 Å². The molecule has 0 aromatic carbocycles. The number of anilines is 2. The molecule has 6 nitrogen and oxygen atoms in total. The minimum Gasteiger partial charge on any atom is -0.383 e. The average molecular weight is 264 g/mol. The molecule has 1 fully saturated rings. The highest BCUT2D eigenvalue weighted by Crippen LogP contribution is 2.14. The monoisotopic (exact) mass is 264 g/mol. The number of rotatable bonds is 6. The van der Waals surface area contributed by atoms with Crippen molar-refractivity contribution in [1.82, 2.24) is 10.3 Å². The molecule has 0 bridgehead atoms. The van der Waals surface area contributed by atoms with Gasteiger partial charge in [-0.25, -0.2) is 4.98 Å². The predicted molar refractivity (Wildman–Crippen MR) is 74.4 cm³/mol. The minimum absolute atomic E-state index is 0.0340. The number of methoxy groups -OCH3 is 1. The van der Waals surface area contributed by atoms with Gasteiger partial charge in [-0.05, 0) is 12.1 Å². The summed E-state index contributed by atoms with van der Waals surface area (Å²) in [6.45, 7) is 2.98. The number of amides is 1. The molecule has 1 aromatic heterocycles. The Morgan fingerprint density at radius 2 is 2.37 bits per heavy atom. The predicted octanol–water partition coefficient (Wildman–Crippen LogP) is 0.322. The van der Waals surface area contributed by atoms with Crippen molar-refractivity contribution in [3.05, 3.63) is 18.3 Å². The smallest absolute Gasteiger partial charge is 0.231 e. The van der Waals surface area contributed by atoms with Crippen molar-refractivity contribution in [1.29, 1.82) is 0 Å². The van der Waals surface area contributed by atoms with Gasteiger partial charge in [0, 0.05) is 33.8 Å².